The van der Waals surface area contributed by atoms with Crippen LogP contribution >= 0.6 is 11.8 Å². The molecule has 2 aliphatic rings. The number of amidine groups is 1. The fourth-order valence-corrected chi connectivity index (χ4v) is 6.27. The van der Waals surface area contributed by atoms with Crippen molar-refractivity contribution in [2.24, 2.45) is 10.1 Å². The molecule has 0 spiro atoms. The molecule has 4 aromatic rings. The van der Waals surface area contributed by atoms with Crippen LogP contribution in [0.25, 0.3) is 10.8 Å². The lowest BCUT2D eigenvalue weighted by Gasteiger charge is -2.23. The molecule has 4 aromatic carbocycles. The number of nitrogens with zero attached hydrogens (tertiary/aromatic N) is 3. The molecule has 0 fully saturated rings. The van der Waals surface area contributed by atoms with Crippen molar-refractivity contribution in [3.8, 4) is 5.75 Å². The first-order valence-electron chi connectivity index (χ1n) is 14.3. The van der Waals surface area contributed by atoms with Crippen molar-refractivity contribution in [3.05, 3.63) is 108 Å². The van der Waals surface area contributed by atoms with E-state index < -0.39 is 11.2 Å². The topological polar surface area (TPSA) is 110 Å². The maximum absolute atomic E-state index is 13.0. The molecule has 0 radical (unpaired) electrons. The number of nitrogens with one attached hydrogen (secondary N) is 1. The Morgan fingerprint density at radius 2 is 1.73 bits per heavy atom. The van der Waals surface area contributed by atoms with Crippen LogP contribution in [0.1, 0.15) is 47.3 Å². The first-order chi connectivity index (χ1) is 21.4. The van der Waals surface area contributed by atoms with E-state index in [1.165, 1.54) is 11.8 Å². The number of hydrogen-bond donors (Lipinski definition) is 1. The molecule has 222 valence electrons. The third-order valence-corrected chi connectivity index (χ3v) is 8.61. The lowest BCUT2D eigenvalue weighted by atomic mass is 9.97. The molecule has 2 amide bonds. The molecule has 1 N–H and O–H groups in total. The van der Waals surface area contributed by atoms with Crippen LogP contribution < -0.4 is 10.1 Å². The second kappa shape index (κ2) is 12.7. The summed E-state index contributed by atoms with van der Waals surface area (Å²) in [6, 6.07) is 28.5. The number of ether oxygens (including phenoxy) is 2. The fourth-order valence-electron chi connectivity index (χ4n) is 5.20. The standard InChI is InChI=1S/C34H30N4O5S/c1-3-43-33(41)23-10-14-26(15-11-23)35-31(39)20-30-32(40)36-34(44-30)38-29(22-12-16-27(42-2)17-13-22)19-28(37-38)25-9-8-21-6-4-5-7-24(21)18-25/h4-18,29-30H,3,19-20H2,1-2H3,(H,35,39). The Morgan fingerprint density at radius 1 is 0.977 bits per heavy atom. The lowest BCUT2D eigenvalue weighted by Crippen LogP contribution is -2.25. The zero-order chi connectivity index (χ0) is 30.6. The predicted molar refractivity (Wildman–Crippen MR) is 172 cm³/mol. The Labute approximate surface area is 259 Å². The lowest BCUT2D eigenvalue weighted by molar-refractivity contribution is -0.121. The van der Waals surface area contributed by atoms with Crippen LogP contribution in [0.2, 0.25) is 0 Å². The summed E-state index contributed by atoms with van der Waals surface area (Å²) in [7, 11) is 1.63. The Balaban J connectivity index is 1.19. The van der Waals surface area contributed by atoms with E-state index in [0.717, 1.165) is 33.4 Å². The molecule has 9 nitrogen and oxygen atoms in total. The van der Waals surface area contributed by atoms with Crippen molar-refractivity contribution in [2.75, 3.05) is 19.0 Å². The second-order valence-corrected chi connectivity index (χ2v) is 11.5. The first kappa shape index (κ1) is 29.1. The number of anilines is 1. The number of amides is 2. The number of thioether (sulfide) groups is 1. The van der Waals surface area contributed by atoms with E-state index in [4.69, 9.17) is 14.6 Å². The van der Waals surface area contributed by atoms with Gasteiger partial charge in [0, 0.05) is 18.5 Å². The summed E-state index contributed by atoms with van der Waals surface area (Å²) in [4.78, 5) is 42.1. The Morgan fingerprint density at radius 3 is 2.45 bits per heavy atom. The van der Waals surface area contributed by atoms with Gasteiger partial charge in [-0.15, -0.1) is 0 Å². The molecule has 0 saturated heterocycles. The number of aliphatic imine (C=N–C) groups is 1. The first-order valence-corrected chi connectivity index (χ1v) is 15.2. The van der Waals surface area contributed by atoms with Gasteiger partial charge in [0.25, 0.3) is 5.91 Å². The maximum atomic E-state index is 13.0. The zero-order valence-electron chi connectivity index (χ0n) is 24.2. The van der Waals surface area contributed by atoms with Crippen molar-refractivity contribution in [1.29, 1.82) is 0 Å². The summed E-state index contributed by atoms with van der Waals surface area (Å²) in [6.45, 7) is 2.02. The highest BCUT2D eigenvalue weighted by atomic mass is 32.2. The summed E-state index contributed by atoms with van der Waals surface area (Å²) in [6.07, 6.45) is 0.559. The number of hydrazone groups is 1. The summed E-state index contributed by atoms with van der Waals surface area (Å²) in [5.74, 6) is -0.382. The van der Waals surface area contributed by atoms with Crippen molar-refractivity contribution in [1.82, 2.24) is 5.01 Å². The molecule has 44 heavy (non-hydrogen) atoms. The largest absolute Gasteiger partial charge is 0.497 e. The maximum Gasteiger partial charge on any atom is 0.338 e. The highest BCUT2D eigenvalue weighted by molar-refractivity contribution is 8.15. The third-order valence-electron chi connectivity index (χ3n) is 7.47. The van der Waals surface area contributed by atoms with Crippen LogP contribution in [0.15, 0.2) is 101 Å². The minimum Gasteiger partial charge on any atom is -0.497 e. The van der Waals surface area contributed by atoms with E-state index in [1.54, 1.807) is 43.3 Å². The quantitative estimate of drug-likeness (QED) is 0.238. The summed E-state index contributed by atoms with van der Waals surface area (Å²) >= 11 is 1.25. The molecule has 10 heteroatoms. The number of carbonyl (C=O) groups is 3. The molecule has 2 unspecified atom stereocenters. The van der Waals surface area contributed by atoms with Crippen molar-refractivity contribution in [2.45, 2.75) is 31.1 Å². The van der Waals surface area contributed by atoms with Gasteiger partial charge in [-0.2, -0.15) is 10.1 Å². The number of benzene rings is 4. The van der Waals surface area contributed by atoms with Crippen molar-refractivity contribution in [3.63, 3.8) is 0 Å². The minimum absolute atomic E-state index is 0.0571. The van der Waals surface area contributed by atoms with Crippen LogP contribution in [0.3, 0.4) is 0 Å². The normalized spacial score (nSPS) is 17.8. The van der Waals surface area contributed by atoms with Crippen LogP contribution in [-0.2, 0) is 14.3 Å². The molecule has 6 rings (SSSR count). The average molecular weight is 607 g/mol. The smallest absolute Gasteiger partial charge is 0.338 e. The number of esters is 1. The Kier molecular flexibility index (Phi) is 8.42. The van der Waals surface area contributed by atoms with Crippen LogP contribution in [0.4, 0.5) is 5.69 Å². The van der Waals surface area contributed by atoms with Gasteiger partial charge in [-0.1, -0.05) is 60.3 Å². The molecular formula is C34H30N4O5S. The number of hydrogen-bond acceptors (Lipinski definition) is 8. The Hall–Kier alpha value is -4.96. The molecule has 2 aliphatic heterocycles. The molecule has 0 aromatic heterocycles. The van der Waals surface area contributed by atoms with Crippen LogP contribution in [0, 0.1) is 0 Å². The number of fused-ring (bicyclic) bond motifs is 1. The predicted octanol–water partition coefficient (Wildman–Crippen LogP) is 6.20. The molecular weight excluding hydrogens is 576 g/mol. The molecule has 2 atom stereocenters. The van der Waals surface area contributed by atoms with Gasteiger partial charge < -0.3 is 14.8 Å². The van der Waals surface area contributed by atoms with Crippen LogP contribution in [-0.4, -0.2) is 52.6 Å². The molecule has 0 bridgehead atoms. The third kappa shape index (κ3) is 6.21. The highest BCUT2D eigenvalue weighted by Crippen LogP contribution is 2.39. The minimum atomic E-state index is -0.680. The van der Waals surface area contributed by atoms with E-state index in [-0.39, 0.29) is 30.9 Å². The van der Waals surface area contributed by atoms with Gasteiger partial charge in [-0.3, -0.25) is 9.59 Å². The van der Waals surface area contributed by atoms with Crippen molar-refractivity contribution >= 4 is 56.9 Å². The van der Waals surface area contributed by atoms with E-state index in [2.05, 4.69) is 40.6 Å². The molecule has 2 heterocycles. The Bertz CT molecular complexity index is 1790. The van der Waals surface area contributed by atoms with E-state index in [0.29, 0.717) is 22.8 Å². The molecule has 0 aliphatic carbocycles. The number of carbonyl (C=O) groups excluding carboxylic acids is 3. The van der Waals surface area contributed by atoms with Gasteiger partial charge in [0.2, 0.25) is 5.91 Å². The van der Waals surface area contributed by atoms with Gasteiger partial charge in [0.1, 0.15) is 11.0 Å². The SMILES string of the molecule is CCOC(=O)c1ccc(NC(=O)CC2SC(N3N=C(c4ccc5ccccc5c4)CC3c3ccc(OC)cc3)=NC2=O)cc1. The summed E-state index contributed by atoms with van der Waals surface area (Å²) < 4.78 is 10.3. The van der Waals surface area contributed by atoms with Gasteiger partial charge in [0.05, 0.1) is 31.0 Å². The second-order valence-electron chi connectivity index (χ2n) is 10.3. The summed E-state index contributed by atoms with van der Waals surface area (Å²) in [5.41, 5.74) is 3.81. The van der Waals surface area contributed by atoms with Gasteiger partial charge in [-0.25, -0.2) is 9.80 Å². The van der Waals surface area contributed by atoms with Crippen LogP contribution in [0.5, 0.6) is 5.75 Å². The van der Waals surface area contributed by atoms with Gasteiger partial charge in [-0.05, 0) is 71.3 Å². The summed E-state index contributed by atoms with van der Waals surface area (Å²) in [5, 5.41) is 11.6. The van der Waals surface area contributed by atoms with E-state index in [1.807, 2.05) is 36.4 Å². The van der Waals surface area contributed by atoms with Gasteiger partial charge >= 0.3 is 5.97 Å². The highest BCUT2D eigenvalue weighted by Gasteiger charge is 2.39. The zero-order valence-corrected chi connectivity index (χ0v) is 25.0. The average Bonchev–Trinajstić information content (AvgIpc) is 3.65. The molecule has 0 saturated carbocycles. The fraction of sp³-hybridized carbons (Fsp3) is 0.206. The monoisotopic (exact) mass is 606 g/mol. The number of methoxy groups -OCH3 is 1. The van der Waals surface area contributed by atoms with E-state index >= 15 is 0 Å². The number of rotatable bonds is 8. The van der Waals surface area contributed by atoms with Crippen molar-refractivity contribution < 1.29 is 23.9 Å². The van der Waals surface area contributed by atoms with E-state index in [9.17, 15) is 14.4 Å². The van der Waals surface area contributed by atoms with Gasteiger partial charge in [0.15, 0.2) is 5.17 Å².